The number of urea groups is 1. The Kier molecular flexibility index (Phi) is 5.21. The van der Waals surface area contributed by atoms with Crippen LogP contribution in [0, 0.1) is 0 Å². The third-order valence-corrected chi connectivity index (χ3v) is 4.89. The minimum Gasteiger partial charge on any atom is -0.355 e. The average molecular weight is 331 g/mol. The molecule has 132 valence electrons. The second kappa shape index (κ2) is 6.83. The van der Waals surface area contributed by atoms with E-state index in [1.54, 1.807) is 0 Å². The van der Waals surface area contributed by atoms with Gasteiger partial charge in [-0.3, -0.25) is 4.79 Å². The Labute approximate surface area is 144 Å². The van der Waals surface area contributed by atoms with Gasteiger partial charge in [-0.25, -0.2) is 4.79 Å². The van der Waals surface area contributed by atoms with Crippen LogP contribution in [0.25, 0.3) is 0 Å². The molecule has 5 heteroatoms. The van der Waals surface area contributed by atoms with Gasteiger partial charge in [-0.05, 0) is 53.9 Å². The van der Waals surface area contributed by atoms with Crippen molar-refractivity contribution in [3.8, 4) is 0 Å². The second-order valence-corrected chi connectivity index (χ2v) is 7.79. The Bertz CT molecular complexity index is 635. The number of rotatable bonds is 4. The topological polar surface area (TPSA) is 70.2 Å². The number of hydrogen-bond acceptors (Lipinski definition) is 2. The maximum Gasteiger partial charge on any atom is 0.319 e. The summed E-state index contributed by atoms with van der Waals surface area (Å²) in [5.74, 6) is -0.194. The number of likely N-dealkylation sites (N-methyl/N-ethyl adjacent to an activating group) is 1. The summed E-state index contributed by atoms with van der Waals surface area (Å²) in [6.45, 7) is 11.4. The molecule has 0 aromatic heterocycles. The minimum atomic E-state index is -0.367. The summed E-state index contributed by atoms with van der Waals surface area (Å²) in [5, 5.41) is 8.04. The molecule has 0 heterocycles. The monoisotopic (exact) mass is 331 g/mol. The van der Waals surface area contributed by atoms with Gasteiger partial charge in [-0.1, -0.05) is 33.8 Å². The van der Waals surface area contributed by atoms with Crippen molar-refractivity contribution in [2.75, 3.05) is 18.4 Å². The van der Waals surface area contributed by atoms with Crippen LogP contribution in [0.4, 0.5) is 10.5 Å². The summed E-state index contributed by atoms with van der Waals surface area (Å²) in [7, 11) is 0. The SMILES string of the molecule is CCNC(=O)CNC(=O)Nc1ccc2c(c1)C(C)(C)CCC2(C)C. The normalized spacial score (nSPS) is 17.5. The van der Waals surface area contributed by atoms with Crippen LogP contribution in [0.1, 0.15) is 58.6 Å². The predicted octanol–water partition coefficient (Wildman–Crippen LogP) is 3.29. The molecular weight excluding hydrogens is 302 g/mol. The zero-order chi connectivity index (χ0) is 18.0. The van der Waals surface area contributed by atoms with Crippen molar-refractivity contribution in [3.63, 3.8) is 0 Å². The van der Waals surface area contributed by atoms with Gasteiger partial charge >= 0.3 is 6.03 Å². The molecule has 2 rings (SSSR count). The third-order valence-electron chi connectivity index (χ3n) is 4.89. The fourth-order valence-electron chi connectivity index (χ4n) is 3.26. The first-order valence-corrected chi connectivity index (χ1v) is 8.62. The maximum atomic E-state index is 12.0. The molecule has 0 bridgehead atoms. The van der Waals surface area contributed by atoms with Gasteiger partial charge in [-0.15, -0.1) is 0 Å². The molecule has 0 fully saturated rings. The summed E-state index contributed by atoms with van der Waals surface area (Å²) in [6.07, 6.45) is 2.28. The standard InChI is InChI=1S/C19H29N3O2/c1-6-20-16(23)12-21-17(24)22-13-7-8-14-15(11-13)19(4,5)10-9-18(14,2)3/h7-8,11H,6,9-10,12H2,1-5H3,(H,20,23)(H2,21,22,24). The first-order chi connectivity index (χ1) is 11.2. The van der Waals surface area contributed by atoms with E-state index in [2.05, 4.69) is 55.8 Å². The summed E-state index contributed by atoms with van der Waals surface area (Å²) in [5.41, 5.74) is 3.66. The van der Waals surface area contributed by atoms with E-state index in [1.807, 2.05) is 13.0 Å². The van der Waals surface area contributed by atoms with Crippen molar-refractivity contribution >= 4 is 17.6 Å². The first kappa shape index (κ1) is 18.3. The van der Waals surface area contributed by atoms with E-state index in [1.165, 1.54) is 11.1 Å². The lowest BCUT2D eigenvalue weighted by atomic mass is 9.63. The molecule has 1 aromatic carbocycles. The van der Waals surface area contributed by atoms with E-state index in [9.17, 15) is 9.59 Å². The zero-order valence-electron chi connectivity index (χ0n) is 15.4. The van der Waals surface area contributed by atoms with E-state index in [-0.39, 0.29) is 29.3 Å². The van der Waals surface area contributed by atoms with Crippen LogP contribution < -0.4 is 16.0 Å². The van der Waals surface area contributed by atoms with Gasteiger partial charge in [0.1, 0.15) is 0 Å². The number of anilines is 1. The number of fused-ring (bicyclic) bond motifs is 1. The van der Waals surface area contributed by atoms with Crippen LogP contribution in [0.3, 0.4) is 0 Å². The highest BCUT2D eigenvalue weighted by Crippen LogP contribution is 2.46. The van der Waals surface area contributed by atoms with Crippen molar-refractivity contribution < 1.29 is 9.59 Å². The van der Waals surface area contributed by atoms with Crippen molar-refractivity contribution in [2.45, 2.75) is 58.3 Å². The van der Waals surface area contributed by atoms with Crippen molar-refractivity contribution in [2.24, 2.45) is 0 Å². The molecular formula is C19H29N3O2. The van der Waals surface area contributed by atoms with E-state index >= 15 is 0 Å². The smallest absolute Gasteiger partial charge is 0.319 e. The maximum absolute atomic E-state index is 12.0. The number of carbonyl (C=O) groups is 2. The Balaban J connectivity index is 2.11. The van der Waals surface area contributed by atoms with Crippen molar-refractivity contribution in [1.82, 2.24) is 10.6 Å². The molecule has 0 saturated carbocycles. The number of hydrogen-bond donors (Lipinski definition) is 3. The van der Waals surface area contributed by atoms with Crippen LogP contribution >= 0.6 is 0 Å². The molecule has 24 heavy (non-hydrogen) atoms. The average Bonchev–Trinajstić information content (AvgIpc) is 2.50. The van der Waals surface area contributed by atoms with Crippen molar-refractivity contribution in [3.05, 3.63) is 29.3 Å². The van der Waals surface area contributed by atoms with Gasteiger partial charge in [-0.2, -0.15) is 0 Å². The Morgan fingerprint density at radius 3 is 2.25 bits per heavy atom. The lowest BCUT2D eigenvalue weighted by Crippen LogP contribution is -2.39. The van der Waals surface area contributed by atoms with E-state index in [0.29, 0.717) is 6.54 Å². The number of carbonyl (C=O) groups excluding carboxylic acids is 2. The quantitative estimate of drug-likeness (QED) is 0.792. The second-order valence-electron chi connectivity index (χ2n) is 7.79. The molecule has 0 unspecified atom stereocenters. The third kappa shape index (κ3) is 4.08. The van der Waals surface area contributed by atoms with Gasteiger partial charge in [0.05, 0.1) is 6.54 Å². The molecule has 0 radical (unpaired) electrons. The Morgan fingerprint density at radius 2 is 1.62 bits per heavy atom. The first-order valence-electron chi connectivity index (χ1n) is 8.62. The van der Waals surface area contributed by atoms with Crippen molar-refractivity contribution in [1.29, 1.82) is 0 Å². The molecule has 1 aliphatic rings. The zero-order valence-corrected chi connectivity index (χ0v) is 15.4. The molecule has 0 saturated heterocycles. The highest BCUT2D eigenvalue weighted by Gasteiger charge is 2.36. The lowest BCUT2D eigenvalue weighted by molar-refractivity contribution is -0.119. The van der Waals surface area contributed by atoms with Crippen LogP contribution in [-0.4, -0.2) is 25.0 Å². The van der Waals surface area contributed by atoms with Gasteiger partial charge < -0.3 is 16.0 Å². The highest BCUT2D eigenvalue weighted by molar-refractivity contribution is 5.92. The van der Waals surface area contributed by atoms with Gasteiger partial charge in [0, 0.05) is 12.2 Å². The molecule has 1 aliphatic carbocycles. The van der Waals surface area contributed by atoms with Gasteiger partial charge in [0.15, 0.2) is 0 Å². The van der Waals surface area contributed by atoms with Crippen LogP contribution in [-0.2, 0) is 15.6 Å². The summed E-state index contributed by atoms with van der Waals surface area (Å²) in [4.78, 5) is 23.4. The fraction of sp³-hybridized carbons (Fsp3) is 0.579. The Morgan fingerprint density at radius 1 is 1.00 bits per heavy atom. The minimum absolute atomic E-state index is 0.0247. The number of amides is 3. The molecule has 0 atom stereocenters. The largest absolute Gasteiger partial charge is 0.355 e. The molecule has 3 N–H and O–H groups in total. The van der Waals surface area contributed by atoms with E-state index in [4.69, 9.17) is 0 Å². The number of benzene rings is 1. The predicted molar refractivity (Wildman–Crippen MR) is 97.4 cm³/mol. The van der Waals surface area contributed by atoms with Crippen LogP contribution in [0.5, 0.6) is 0 Å². The molecule has 3 amide bonds. The van der Waals surface area contributed by atoms with Crippen LogP contribution in [0.2, 0.25) is 0 Å². The number of nitrogens with one attached hydrogen (secondary N) is 3. The van der Waals surface area contributed by atoms with Gasteiger partial charge in [0.2, 0.25) is 5.91 Å². The molecule has 0 aliphatic heterocycles. The van der Waals surface area contributed by atoms with Crippen LogP contribution in [0.15, 0.2) is 18.2 Å². The summed E-state index contributed by atoms with van der Waals surface area (Å²) >= 11 is 0. The lowest BCUT2D eigenvalue weighted by Gasteiger charge is -2.42. The molecule has 0 spiro atoms. The Hall–Kier alpha value is -2.04. The molecule has 1 aromatic rings. The molecule has 5 nitrogen and oxygen atoms in total. The van der Waals surface area contributed by atoms with E-state index < -0.39 is 0 Å². The fourth-order valence-corrected chi connectivity index (χ4v) is 3.26. The van der Waals surface area contributed by atoms with Gasteiger partial charge in [0.25, 0.3) is 0 Å². The highest BCUT2D eigenvalue weighted by atomic mass is 16.2. The van der Waals surface area contributed by atoms with E-state index in [0.717, 1.165) is 18.5 Å². The summed E-state index contributed by atoms with van der Waals surface area (Å²) < 4.78 is 0. The summed E-state index contributed by atoms with van der Waals surface area (Å²) in [6, 6.07) is 5.76.